The molecule has 0 fully saturated rings. The number of imide groups is 1. The molecule has 3 aromatic rings. The summed E-state index contributed by atoms with van der Waals surface area (Å²) in [4.78, 5) is 40.6. The van der Waals surface area contributed by atoms with Gasteiger partial charge in [-0.15, -0.1) is 11.8 Å². The highest BCUT2D eigenvalue weighted by atomic mass is 32.2. The Bertz CT molecular complexity index is 1200. The van der Waals surface area contributed by atoms with Gasteiger partial charge in [-0.2, -0.15) is 0 Å². The SMILES string of the molecule is CN(C)c1ccc(N2C(=O)C(SCc3ccco3)=C(c3ccc([N+](=O)[O-])cc3)C2=O)cc1. The Kier molecular flexibility index (Phi) is 5.83. The third-order valence-corrected chi connectivity index (χ3v) is 6.07. The Morgan fingerprint density at radius 1 is 1.00 bits per heavy atom. The molecule has 0 spiro atoms. The molecule has 9 heteroatoms. The maximum atomic E-state index is 13.4. The van der Waals surface area contributed by atoms with Crippen LogP contribution >= 0.6 is 11.8 Å². The molecule has 8 nitrogen and oxygen atoms in total. The fourth-order valence-corrected chi connectivity index (χ4v) is 4.34. The zero-order valence-electron chi connectivity index (χ0n) is 17.3. The fraction of sp³-hybridized carbons (Fsp3) is 0.130. The van der Waals surface area contributed by atoms with Gasteiger partial charge in [-0.1, -0.05) is 0 Å². The number of amides is 2. The van der Waals surface area contributed by atoms with E-state index < -0.39 is 16.7 Å². The van der Waals surface area contributed by atoms with Gasteiger partial charge in [0.15, 0.2) is 0 Å². The zero-order chi connectivity index (χ0) is 22.8. The molecule has 0 bridgehead atoms. The van der Waals surface area contributed by atoms with Crippen LogP contribution in [-0.4, -0.2) is 30.8 Å². The maximum absolute atomic E-state index is 13.4. The molecule has 32 heavy (non-hydrogen) atoms. The van der Waals surface area contributed by atoms with Crippen LogP contribution in [0.25, 0.3) is 5.57 Å². The molecule has 1 aliphatic heterocycles. The van der Waals surface area contributed by atoms with Gasteiger partial charge in [-0.05, 0) is 54.1 Å². The highest BCUT2D eigenvalue weighted by Crippen LogP contribution is 2.40. The molecule has 1 aromatic heterocycles. The van der Waals surface area contributed by atoms with E-state index in [4.69, 9.17) is 4.42 Å². The number of hydrogen-bond acceptors (Lipinski definition) is 7. The monoisotopic (exact) mass is 449 g/mol. The molecule has 4 rings (SSSR count). The summed E-state index contributed by atoms with van der Waals surface area (Å²) in [5.41, 5.74) is 1.97. The zero-order valence-corrected chi connectivity index (χ0v) is 18.2. The molecular weight excluding hydrogens is 430 g/mol. The lowest BCUT2D eigenvalue weighted by Gasteiger charge is -2.17. The summed E-state index contributed by atoms with van der Waals surface area (Å²) in [6, 6.07) is 16.3. The van der Waals surface area contributed by atoms with Crippen LogP contribution in [0.5, 0.6) is 0 Å². The van der Waals surface area contributed by atoms with Crippen LogP contribution in [0.2, 0.25) is 0 Å². The van der Waals surface area contributed by atoms with Crippen molar-refractivity contribution in [2.75, 3.05) is 23.9 Å². The van der Waals surface area contributed by atoms with E-state index in [-0.39, 0.29) is 16.2 Å². The number of thioether (sulfide) groups is 1. The third kappa shape index (κ3) is 4.02. The first kappa shape index (κ1) is 21.4. The second kappa shape index (κ2) is 8.72. The summed E-state index contributed by atoms with van der Waals surface area (Å²) in [7, 11) is 3.80. The van der Waals surface area contributed by atoms with Crippen LogP contribution in [0.3, 0.4) is 0 Å². The molecule has 0 aliphatic carbocycles. The van der Waals surface area contributed by atoms with E-state index in [0.717, 1.165) is 10.6 Å². The molecule has 0 saturated heterocycles. The van der Waals surface area contributed by atoms with Crippen molar-refractivity contribution in [3.05, 3.63) is 93.3 Å². The average molecular weight is 449 g/mol. The standard InChI is InChI=1S/C23H19N3O5S/c1-24(2)16-9-11-17(12-10-16)25-22(27)20(15-5-7-18(8-6-15)26(29)30)21(23(25)28)32-14-19-4-3-13-31-19/h3-13H,14H2,1-2H3. The summed E-state index contributed by atoms with van der Waals surface area (Å²) in [6.07, 6.45) is 1.54. The van der Waals surface area contributed by atoms with Crippen molar-refractivity contribution in [2.45, 2.75) is 5.75 Å². The summed E-state index contributed by atoms with van der Waals surface area (Å²) in [6.45, 7) is 0. The number of hydrogen-bond donors (Lipinski definition) is 0. The highest BCUT2D eigenvalue weighted by Gasteiger charge is 2.40. The predicted molar refractivity (Wildman–Crippen MR) is 123 cm³/mol. The number of nitro benzene ring substituents is 1. The number of rotatable bonds is 7. The molecule has 2 heterocycles. The normalized spacial score (nSPS) is 13.8. The van der Waals surface area contributed by atoms with Crippen LogP contribution < -0.4 is 9.80 Å². The maximum Gasteiger partial charge on any atom is 0.272 e. The van der Waals surface area contributed by atoms with Gasteiger partial charge in [-0.3, -0.25) is 19.7 Å². The largest absolute Gasteiger partial charge is 0.468 e. The van der Waals surface area contributed by atoms with Gasteiger partial charge in [-0.25, -0.2) is 4.90 Å². The fourth-order valence-electron chi connectivity index (χ4n) is 3.32. The lowest BCUT2D eigenvalue weighted by molar-refractivity contribution is -0.384. The molecule has 0 atom stereocenters. The van der Waals surface area contributed by atoms with Gasteiger partial charge in [0.1, 0.15) is 5.76 Å². The van der Waals surface area contributed by atoms with Gasteiger partial charge in [0, 0.05) is 31.9 Å². The first-order valence-electron chi connectivity index (χ1n) is 9.67. The average Bonchev–Trinajstić information content (AvgIpc) is 3.38. The van der Waals surface area contributed by atoms with Gasteiger partial charge in [0.05, 0.1) is 33.1 Å². The number of anilines is 2. The number of carbonyl (C=O) groups is 2. The predicted octanol–water partition coefficient (Wildman–Crippen LogP) is 4.47. The number of carbonyl (C=O) groups excluding carboxylic acids is 2. The van der Waals surface area contributed by atoms with Gasteiger partial charge in [0.25, 0.3) is 17.5 Å². The van der Waals surface area contributed by atoms with Crippen molar-refractivity contribution in [3.63, 3.8) is 0 Å². The molecule has 0 unspecified atom stereocenters. The quantitative estimate of drug-likeness (QED) is 0.298. The minimum absolute atomic E-state index is 0.0907. The number of non-ortho nitro benzene ring substituents is 1. The van der Waals surface area contributed by atoms with Crippen molar-refractivity contribution < 1.29 is 18.9 Å². The minimum atomic E-state index is -0.509. The van der Waals surface area contributed by atoms with Crippen LogP contribution in [0.1, 0.15) is 11.3 Å². The van der Waals surface area contributed by atoms with Gasteiger partial charge < -0.3 is 9.32 Å². The number of nitro groups is 1. The Labute approximate surface area is 188 Å². The van der Waals surface area contributed by atoms with Crippen molar-refractivity contribution in [3.8, 4) is 0 Å². The van der Waals surface area contributed by atoms with Crippen molar-refractivity contribution in [2.24, 2.45) is 0 Å². The van der Waals surface area contributed by atoms with E-state index in [1.807, 2.05) is 31.1 Å². The molecular formula is C23H19N3O5S. The number of benzene rings is 2. The second-order valence-electron chi connectivity index (χ2n) is 7.23. The minimum Gasteiger partial charge on any atom is -0.468 e. The summed E-state index contributed by atoms with van der Waals surface area (Å²) >= 11 is 1.21. The Hall–Kier alpha value is -3.85. The molecule has 0 N–H and O–H groups in total. The smallest absolute Gasteiger partial charge is 0.272 e. The van der Waals surface area contributed by atoms with E-state index in [2.05, 4.69) is 0 Å². The molecule has 162 valence electrons. The van der Waals surface area contributed by atoms with E-state index in [0.29, 0.717) is 22.8 Å². The topological polar surface area (TPSA) is 96.9 Å². The Morgan fingerprint density at radius 2 is 1.69 bits per heavy atom. The van der Waals surface area contributed by atoms with Crippen LogP contribution in [0, 0.1) is 10.1 Å². The molecule has 2 aromatic carbocycles. The van der Waals surface area contributed by atoms with Gasteiger partial charge >= 0.3 is 0 Å². The van der Waals surface area contributed by atoms with Crippen LogP contribution in [0.4, 0.5) is 17.1 Å². The van der Waals surface area contributed by atoms with E-state index in [9.17, 15) is 19.7 Å². The lowest BCUT2D eigenvalue weighted by Crippen LogP contribution is -2.31. The third-order valence-electron chi connectivity index (χ3n) is 4.97. The number of furan rings is 1. The van der Waals surface area contributed by atoms with Gasteiger partial charge in [0.2, 0.25) is 0 Å². The first-order valence-corrected chi connectivity index (χ1v) is 10.7. The summed E-state index contributed by atoms with van der Waals surface area (Å²) < 4.78 is 5.35. The second-order valence-corrected chi connectivity index (χ2v) is 8.22. The summed E-state index contributed by atoms with van der Waals surface area (Å²) in [5, 5.41) is 11.0. The lowest BCUT2D eigenvalue weighted by atomic mass is 10.1. The molecule has 0 saturated carbocycles. The number of nitrogens with zero attached hydrogens (tertiary/aromatic N) is 3. The molecule has 0 radical (unpaired) electrons. The van der Waals surface area contributed by atoms with E-state index in [1.54, 1.807) is 30.5 Å². The van der Waals surface area contributed by atoms with E-state index >= 15 is 0 Å². The summed E-state index contributed by atoms with van der Waals surface area (Å²) in [5.74, 6) is 0.131. The van der Waals surface area contributed by atoms with Crippen LogP contribution in [-0.2, 0) is 15.3 Å². The highest BCUT2D eigenvalue weighted by molar-refractivity contribution is 8.03. The Morgan fingerprint density at radius 3 is 2.25 bits per heavy atom. The van der Waals surface area contributed by atoms with Crippen molar-refractivity contribution in [1.29, 1.82) is 0 Å². The first-order chi connectivity index (χ1) is 15.4. The molecule has 2 amide bonds. The van der Waals surface area contributed by atoms with Crippen LogP contribution in [0.15, 0.2) is 76.2 Å². The van der Waals surface area contributed by atoms with E-state index in [1.165, 1.54) is 36.0 Å². The Balaban J connectivity index is 1.72. The van der Waals surface area contributed by atoms with Crippen molar-refractivity contribution >= 4 is 46.2 Å². The molecule has 1 aliphatic rings. The van der Waals surface area contributed by atoms with Crippen molar-refractivity contribution in [1.82, 2.24) is 0 Å².